The van der Waals surface area contributed by atoms with Gasteiger partial charge in [-0.3, -0.25) is 4.79 Å². The summed E-state index contributed by atoms with van der Waals surface area (Å²) in [5, 5.41) is 0. The molecular weight excluding hydrogens is 250 g/mol. The van der Waals surface area contributed by atoms with E-state index in [1.807, 2.05) is 54.6 Å². The Kier molecular flexibility index (Phi) is 4.80. The molecule has 0 radical (unpaired) electrons. The van der Waals surface area contributed by atoms with E-state index in [2.05, 4.69) is 11.8 Å². The Morgan fingerprint density at radius 2 is 1.90 bits per heavy atom. The zero-order chi connectivity index (χ0) is 14.2. The van der Waals surface area contributed by atoms with Crippen molar-refractivity contribution in [2.24, 2.45) is 5.73 Å². The largest absolute Gasteiger partial charge is 0.489 e. The van der Waals surface area contributed by atoms with Crippen molar-refractivity contribution in [3.8, 4) is 17.6 Å². The molecule has 2 N–H and O–H groups in total. The molecule has 0 aliphatic heterocycles. The van der Waals surface area contributed by atoms with Crippen LogP contribution in [0.5, 0.6) is 5.75 Å². The highest BCUT2D eigenvalue weighted by Gasteiger charge is 1.96. The zero-order valence-electron chi connectivity index (χ0n) is 11.0. The first-order valence-electron chi connectivity index (χ1n) is 6.28. The summed E-state index contributed by atoms with van der Waals surface area (Å²) in [5.74, 6) is 5.93. The number of hydrogen-bond donors (Lipinski definition) is 1. The van der Waals surface area contributed by atoms with Gasteiger partial charge in [0.2, 0.25) is 5.91 Å². The van der Waals surface area contributed by atoms with Crippen LogP contribution in [0.4, 0.5) is 0 Å². The van der Waals surface area contributed by atoms with Crippen molar-refractivity contribution in [1.29, 1.82) is 0 Å². The third-order valence-corrected chi connectivity index (χ3v) is 2.58. The quantitative estimate of drug-likeness (QED) is 0.863. The average molecular weight is 265 g/mol. The Balaban J connectivity index is 1.98. The zero-order valence-corrected chi connectivity index (χ0v) is 11.0. The molecule has 0 aromatic heterocycles. The molecule has 2 rings (SSSR count). The third-order valence-electron chi connectivity index (χ3n) is 2.58. The molecule has 0 bridgehead atoms. The molecule has 3 nitrogen and oxygen atoms in total. The average Bonchev–Trinajstić information content (AvgIpc) is 2.46. The summed E-state index contributed by atoms with van der Waals surface area (Å²) in [6.45, 7) is 0.513. The van der Waals surface area contributed by atoms with Crippen LogP contribution >= 0.6 is 0 Å². The van der Waals surface area contributed by atoms with Crippen LogP contribution in [-0.2, 0) is 11.4 Å². The standard InChI is InChI=1S/C17H15NO2/c18-17(19)11-5-9-14-8-4-10-16(12-14)20-13-15-6-2-1-3-7-15/h1-4,6-8,10,12H,11,13H2,(H2,18,19). The summed E-state index contributed by atoms with van der Waals surface area (Å²) in [6.07, 6.45) is 0.0646. The van der Waals surface area contributed by atoms with Crippen LogP contribution in [-0.4, -0.2) is 5.91 Å². The predicted molar refractivity (Wildman–Crippen MR) is 77.9 cm³/mol. The number of hydrogen-bond acceptors (Lipinski definition) is 2. The van der Waals surface area contributed by atoms with Gasteiger partial charge in [-0.2, -0.15) is 0 Å². The van der Waals surface area contributed by atoms with Gasteiger partial charge in [-0.1, -0.05) is 48.2 Å². The van der Waals surface area contributed by atoms with Crippen LogP contribution in [0.1, 0.15) is 17.5 Å². The minimum Gasteiger partial charge on any atom is -0.489 e. The minimum atomic E-state index is -0.422. The van der Waals surface area contributed by atoms with Crippen molar-refractivity contribution in [3.63, 3.8) is 0 Å². The molecule has 100 valence electrons. The van der Waals surface area contributed by atoms with E-state index in [0.29, 0.717) is 6.61 Å². The number of carbonyl (C=O) groups is 1. The van der Waals surface area contributed by atoms with Crippen LogP contribution in [0.15, 0.2) is 54.6 Å². The van der Waals surface area contributed by atoms with Crippen molar-refractivity contribution >= 4 is 5.91 Å². The van der Waals surface area contributed by atoms with Crippen LogP contribution in [0, 0.1) is 11.8 Å². The Labute approximate surface area is 118 Å². The summed E-state index contributed by atoms with van der Waals surface area (Å²) < 4.78 is 5.70. The number of amides is 1. The molecule has 2 aromatic carbocycles. The van der Waals surface area contributed by atoms with Crippen molar-refractivity contribution in [1.82, 2.24) is 0 Å². The lowest BCUT2D eigenvalue weighted by molar-refractivity contribution is -0.117. The van der Waals surface area contributed by atoms with E-state index in [4.69, 9.17) is 10.5 Å². The molecule has 0 aliphatic carbocycles. The Morgan fingerprint density at radius 3 is 2.65 bits per heavy atom. The molecule has 0 heterocycles. The molecule has 0 fully saturated rings. The highest BCUT2D eigenvalue weighted by atomic mass is 16.5. The van der Waals surface area contributed by atoms with Crippen LogP contribution in [0.25, 0.3) is 0 Å². The summed E-state index contributed by atoms with van der Waals surface area (Å²) in [5.41, 5.74) is 6.94. The van der Waals surface area contributed by atoms with Crippen molar-refractivity contribution in [3.05, 3.63) is 65.7 Å². The molecule has 0 saturated heterocycles. The maximum Gasteiger partial charge on any atom is 0.229 e. The maximum atomic E-state index is 10.6. The second-order valence-corrected chi connectivity index (χ2v) is 4.25. The van der Waals surface area contributed by atoms with Gasteiger partial charge in [0, 0.05) is 5.56 Å². The summed E-state index contributed by atoms with van der Waals surface area (Å²) >= 11 is 0. The highest BCUT2D eigenvalue weighted by Crippen LogP contribution is 2.14. The van der Waals surface area contributed by atoms with E-state index >= 15 is 0 Å². The normalized spacial score (nSPS) is 9.40. The maximum absolute atomic E-state index is 10.6. The summed E-state index contributed by atoms with van der Waals surface area (Å²) in [7, 11) is 0. The highest BCUT2D eigenvalue weighted by molar-refractivity contribution is 5.76. The topological polar surface area (TPSA) is 52.3 Å². The molecular formula is C17H15NO2. The smallest absolute Gasteiger partial charge is 0.229 e. The Hall–Kier alpha value is -2.73. The lowest BCUT2D eigenvalue weighted by Gasteiger charge is -2.06. The van der Waals surface area contributed by atoms with Gasteiger partial charge in [0.1, 0.15) is 12.4 Å². The lowest BCUT2D eigenvalue weighted by atomic mass is 10.2. The van der Waals surface area contributed by atoms with Crippen molar-refractivity contribution < 1.29 is 9.53 Å². The Morgan fingerprint density at radius 1 is 1.10 bits per heavy atom. The second-order valence-electron chi connectivity index (χ2n) is 4.25. The van der Waals surface area contributed by atoms with Gasteiger partial charge in [0.25, 0.3) is 0 Å². The van der Waals surface area contributed by atoms with Gasteiger partial charge in [0.05, 0.1) is 6.42 Å². The minimum absolute atomic E-state index is 0.0646. The molecule has 2 aromatic rings. The summed E-state index contributed by atoms with van der Waals surface area (Å²) in [6, 6.07) is 17.4. The van der Waals surface area contributed by atoms with Crippen LogP contribution in [0.2, 0.25) is 0 Å². The van der Waals surface area contributed by atoms with Gasteiger partial charge < -0.3 is 10.5 Å². The molecule has 0 atom stereocenters. The number of carbonyl (C=O) groups excluding carboxylic acids is 1. The van der Waals surface area contributed by atoms with Crippen molar-refractivity contribution in [2.75, 3.05) is 0 Å². The molecule has 0 unspecified atom stereocenters. The van der Waals surface area contributed by atoms with E-state index < -0.39 is 5.91 Å². The van der Waals surface area contributed by atoms with Crippen molar-refractivity contribution in [2.45, 2.75) is 13.0 Å². The molecule has 0 saturated carbocycles. The summed E-state index contributed by atoms with van der Waals surface area (Å²) in [4.78, 5) is 10.6. The van der Waals surface area contributed by atoms with E-state index in [-0.39, 0.29) is 6.42 Å². The monoisotopic (exact) mass is 265 g/mol. The van der Waals surface area contributed by atoms with E-state index in [0.717, 1.165) is 16.9 Å². The number of nitrogens with two attached hydrogens (primary N) is 1. The number of benzene rings is 2. The first kappa shape index (κ1) is 13.7. The first-order chi connectivity index (χ1) is 9.74. The first-order valence-corrected chi connectivity index (χ1v) is 6.28. The number of rotatable bonds is 4. The molecule has 3 heteroatoms. The molecule has 0 aliphatic rings. The van der Waals surface area contributed by atoms with Crippen LogP contribution < -0.4 is 10.5 Å². The van der Waals surface area contributed by atoms with E-state index in [1.165, 1.54) is 0 Å². The molecule has 1 amide bonds. The van der Waals surface area contributed by atoms with Gasteiger partial charge in [-0.05, 0) is 23.8 Å². The van der Waals surface area contributed by atoms with E-state index in [1.54, 1.807) is 0 Å². The van der Waals surface area contributed by atoms with Crippen LogP contribution in [0.3, 0.4) is 0 Å². The fourth-order valence-electron chi connectivity index (χ4n) is 1.64. The van der Waals surface area contributed by atoms with Gasteiger partial charge in [0.15, 0.2) is 0 Å². The van der Waals surface area contributed by atoms with E-state index in [9.17, 15) is 4.79 Å². The lowest BCUT2D eigenvalue weighted by Crippen LogP contribution is -2.08. The third kappa shape index (κ3) is 4.51. The fourth-order valence-corrected chi connectivity index (χ4v) is 1.64. The predicted octanol–water partition coefficient (Wildman–Crippen LogP) is 2.49. The number of ether oxygens (including phenoxy) is 1. The Bertz CT molecular complexity index is 639. The fraction of sp³-hybridized carbons (Fsp3) is 0.118. The SMILES string of the molecule is NC(=O)CC#Cc1cccc(OCc2ccccc2)c1. The number of primary amides is 1. The second kappa shape index (κ2) is 7.01. The van der Waals surface area contributed by atoms with Gasteiger partial charge in [-0.15, -0.1) is 0 Å². The molecule has 0 spiro atoms. The molecule has 20 heavy (non-hydrogen) atoms. The van der Waals surface area contributed by atoms with Gasteiger partial charge in [-0.25, -0.2) is 0 Å². The van der Waals surface area contributed by atoms with Gasteiger partial charge >= 0.3 is 0 Å².